The zero-order chi connectivity index (χ0) is 26.4. The third-order valence-electron chi connectivity index (χ3n) is 6.31. The molecule has 0 atom stereocenters. The van der Waals surface area contributed by atoms with Gasteiger partial charge in [-0.05, 0) is 41.5 Å². The highest BCUT2D eigenvalue weighted by Gasteiger charge is 2.20. The quantitative estimate of drug-likeness (QED) is 0.396. The first kappa shape index (κ1) is 28.5. The monoisotopic (exact) mass is 539 g/mol. The predicted octanol–water partition coefficient (Wildman–Crippen LogP) is 3.97. The van der Waals surface area contributed by atoms with Crippen molar-refractivity contribution in [2.24, 2.45) is 0 Å². The standard InChI is InChI=1S/C28H29N3O6.ClH/c1-19(32)31-13-11-30(12-14-31)15-16-37-22-8-10-26(33)24(18-22)27(34)29-25-17-21(7-9-23(25)28(35)36)20-5-3-2-4-6-20;/h2-10,17-18,33H,11-16H2,1H3,(H,29,34)(H,35,36);1H. The topological polar surface area (TPSA) is 119 Å². The van der Waals surface area contributed by atoms with Crippen LogP contribution in [-0.2, 0) is 4.79 Å². The summed E-state index contributed by atoms with van der Waals surface area (Å²) in [6, 6.07) is 18.5. The number of aromatic carboxylic acids is 1. The summed E-state index contributed by atoms with van der Waals surface area (Å²) in [5.74, 6) is -1.60. The fraction of sp³-hybridized carbons (Fsp3) is 0.250. The molecule has 9 nitrogen and oxygen atoms in total. The van der Waals surface area contributed by atoms with Crippen LogP contribution in [0.5, 0.6) is 11.5 Å². The summed E-state index contributed by atoms with van der Waals surface area (Å²) >= 11 is 0. The van der Waals surface area contributed by atoms with E-state index >= 15 is 0 Å². The Morgan fingerprint density at radius 1 is 0.895 bits per heavy atom. The summed E-state index contributed by atoms with van der Waals surface area (Å²) in [5.41, 5.74) is 1.63. The smallest absolute Gasteiger partial charge is 0.337 e. The van der Waals surface area contributed by atoms with Gasteiger partial charge in [0, 0.05) is 39.6 Å². The number of piperazine rings is 1. The maximum Gasteiger partial charge on any atom is 0.337 e. The van der Waals surface area contributed by atoms with Crippen molar-refractivity contribution in [1.29, 1.82) is 0 Å². The van der Waals surface area contributed by atoms with Crippen molar-refractivity contribution in [3.63, 3.8) is 0 Å². The second-order valence-corrected chi connectivity index (χ2v) is 8.76. The molecule has 0 unspecified atom stereocenters. The Morgan fingerprint density at radius 2 is 1.61 bits per heavy atom. The van der Waals surface area contributed by atoms with E-state index in [4.69, 9.17) is 4.74 Å². The number of ether oxygens (including phenoxy) is 1. The van der Waals surface area contributed by atoms with Crippen LogP contribution in [0.3, 0.4) is 0 Å². The van der Waals surface area contributed by atoms with E-state index in [0.717, 1.165) is 24.2 Å². The van der Waals surface area contributed by atoms with Crippen LogP contribution in [-0.4, -0.2) is 77.1 Å². The summed E-state index contributed by atoms with van der Waals surface area (Å²) < 4.78 is 5.81. The molecule has 4 rings (SSSR count). The van der Waals surface area contributed by atoms with E-state index in [2.05, 4.69) is 10.2 Å². The van der Waals surface area contributed by atoms with Crippen LogP contribution in [0.2, 0.25) is 0 Å². The fourth-order valence-corrected chi connectivity index (χ4v) is 4.20. The van der Waals surface area contributed by atoms with E-state index in [0.29, 0.717) is 32.0 Å². The largest absolute Gasteiger partial charge is 0.507 e. The number of anilines is 1. The Bertz CT molecular complexity index is 1290. The van der Waals surface area contributed by atoms with E-state index in [1.807, 2.05) is 35.2 Å². The minimum atomic E-state index is -1.18. The Kier molecular flexibility index (Phi) is 9.70. The number of amides is 2. The Balaban J connectivity index is 0.00000400. The van der Waals surface area contributed by atoms with Gasteiger partial charge in [-0.3, -0.25) is 14.5 Å². The van der Waals surface area contributed by atoms with Crippen molar-refractivity contribution in [3.8, 4) is 22.6 Å². The van der Waals surface area contributed by atoms with E-state index in [9.17, 15) is 24.6 Å². The summed E-state index contributed by atoms with van der Waals surface area (Å²) in [4.78, 5) is 40.3. The summed E-state index contributed by atoms with van der Waals surface area (Å²) in [5, 5.41) is 22.6. The van der Waals surface area contributed by atoms with Crippen LogP contribution < -0.4 is 10.1 Å². The molecule has 0 aromatic heterocycles. The predicted molar refractivity (Wildman–Crippen MR) is 146 cm³/mol. The van der Waals surface area contributed by atoms with Crippen LogP contribution in [0.25, 0.3) is 11.1 Å². The zero-order valence-corrected chi connectivity index (χ0v) is 21.7. The molecular formula is C28H30ClN3O6. The molecule has 1 aliphatic heterocycles. The highest BCUT2D eigenvalue weighted by atomic mass is 35.5. The maximum absolute atomic E-state index is 13.1. The van der Waals surface area contributed by atoms with Gasteiger partial charge in [0.15, 0.2) is 0 Å². The minimum Gasteiger partial charge on any atom is -0.507 e. The van der Waals surface area contributed by atoms with Crippen molar-refractivity contribution < 1.29 is 29.3 Å². The van der Waals surface area contributed by atoms with Crippen molar-refractivity contribution in [1.82, 2.24) is 9.80 Å². The molecule has 0 aliphatic carbocycles. The number of carboxylic acids is 1. The summed E-state index contributed by atoms with van der Waals surface area (Å²) in [6.07, 6.45) is 0. The highest BCUT2D eigenvalue weighted by Crippen LogP contribution is 2.28. The molecule has 200 valence electrons. The molecule has 0 saturated carbocycles. The number of phenols is 1. The second-order valence-electron chi connectivity index (χ2n) is 8.76. The zero-order valence-electron chi connectivity index (χ0n) is 20.9. The van der Waals surface area contributed by atoms with Crippen molar-refractivity contribution in [3.05, 3.63) is 77.9 Å². The van der Waals surface area contributed by atoms with Crippen LogP contribution >= 0.6 is 12.4 Å². The van der Waals surface area contributed by atoms with Crippen LogP contribution in [0.1, 0.15) is 27.6 Å². The first-order valence-corrected chi connectivity index (χ1v) is 12.0. The molecule has 1 heterocycles. The van der Waals surface area contributed by atoms with Crippen molar-refractivity contribution in [2.75, 3.05) is 44.6 Å². The van der Waals surface area contributed by atoms with Gasteiger partial charge in [-0.15, -0.1) is 12.4 Å². The Labute approximate surface area is 227 Å². The van der Waals surface area contributed by atoms with Crippen LogP contribution in [0, 0.1) is 0 Å². The van der Waals surface area contributed by atoms with Gasteiger partial charge < -0.3 is 25.2 Å². The highest BCUT2D eigenvalue weighted by molar-refractivity contribution is 6.09. The maximum atomic E-state index is 13.1. The molecular weight excluding hydrogens is 510 g/mol. The minimum absolute atomic E-state index is 0. The van der Waals surface area contributed by atoms with Gasteiger partial charge in [0.1, 0.15) is 18.1 Å². The lowest BCUT2D eigenvalue weighted by Gasteiger charge is -2.34. The second kappa shape index (κ2) is 12.9. The number of nitrogens with zero attached hydrogens (tertiary/aromatic N) is 2. The molecule has 38 heavy (non-hydrogen) atoms. The number of carbonyl (C=O) groups is 3. The molecule has 3 aromatic carbocycles. The van der Waals surface area contributed by atoms with Gasteiger partial charge in [-0.2, -0.15) is 0 Å². The molecule has 3 N–H and O–H groups in total. The van der Waals surface area contributed by atoms with Gasteiger partial charge in [0.05, 0.1) is 16.8 Å². The van der Waals surface area contributed by atoms with Gasteiger partial charge in [-0.25, -0.2) is 4.79 Å². The first-order chi connectivity index (χ1) is 17.8. The number of hydrogen-bond donors (Lipinski definition) is 3. The number of halogens is 1. The normalized spacial score (nSPS) is 13.3. The number of benzene rings is 3. The van der Waals surface area contributed by atoms with E-state index in [1.54, 1.807) is 25.1 Å². The van der Waals surface area contributed by atoms with Gasteiger partial charge in [-0.1, -0.05) is 36.4 Å². The van der Waals surface area contributed by atoms with E-state index in [-0.39, 0.29) is 40.9 Å². The number of carboxylic acid groups (broad SMARTS) is 1. The fourth-order valence-electron chi connectivity index (χ4n) is 4.20. The van der Waals surface area contributed by atoms with Gasteiger partial charge >= 0.3 is 5.97 Å². The molecule has 1 fully saturated rings. The number of aromatic hydroxyl groups is 1. The SMILES string of the molecule is CC(=O)N1CCN(CCOc2ccc(O)c(C(=O)Nc3cc(-c4ccccc4)ccc3C(=O)O)c2)CC1.Cl. The molecule has 0 bridgehead atoms. The molecule has 0 spiro atoms. The summed E-state index contributed by atoms with van der Waals surface area (Å²) in [6.45, 7) is 5.49. The average Bonchev–Trinajstić information content (AvgIpc) is 2.90. The third kappa shape index (κ3) is 7.02. The molecule has 2 amide bonds. The third-order valence-corrected chi connectivity index (χ3v) is 6.31. The molecule has 0 radical (unpaired) electrons. The molecule has 3 aromatic rings. The molecule has 10 heteroatoms. The van der Waals surface area contributed by atoms with Crippen molar-refractivity contribution in [2.45, 2.75) is 6.92 Å². The van der Waals surface area contributed by atoms with Crippen LogP contribution in [0.15, 0.2) is 66.7 Å². The molecule has 1 aliphatic rings. The molecule has 1 saturated heterocycles. The van der Waals surface area contributed by atoms with Crippen LogP contribution in [0.4, 0.5) is 5.69 Å². The lowest BCUT2D eigenvalue weighted by molar-refractivity contribution is -0.130. The number of carbonyl (C=O) groups excluding carboxylic acids is 2. The number of rotatable bonds is 8. The van der Waals surface area contributed by atoms with Crippen molar-refractivity contribution >= 4 is 35.9 Å². The first-order valence-electron chi connectivity index (χ1n) is 12.0. The lowest BCUT2D eigenvalue weighted by atomic mass is 10.0. The van der Waals surface area contributed by atoms with Gasteiger partial charge in [0.25, 0.3) is 5.91 Å². The van der Waals surface area contributed by atoms with E-state index in [1.165, 1.54) is 18.2 Å². The Hall–Kier alpha value is -4.08. The number of hydrogen-bond acceptors (Lipinski definition) is 6. The average molecular weight is 540 g/mol. The van der Waals surface area contributed by atoms with E-state index < -0.39 is 11.9 Å². The van der Waals surface area contributed by atoms with Gasteiger partial charge in [0.2, 0.25) is 5.91 Å². The Morgan fingerprint density at radius 3 is 2.26 bits per heavy atom. The summed E-state index contributed by atoms with van der Waals surface area (Å²) in [7, 11) is 0. The number of nitrogens with one attached hydrogen (secondary N) is 1. The number of phenolic OH excluding ortho intramolecular Hbond substituents is 1. The lowest BCUT2D eigenvalue weighted by Crippen LogP contribution is -2.48.